The number of hydrogen-bond acceptors (Lipinski definition) is 5. The number of nitrogens with zero attached hydrogens (tertiary/aromatic N) is 5. The van der Waals surface area contributed by atoms with Crippen LogP contribution < -0.4 is 5.32 Å². The predicted octanol–water partition coefficient (Wildman–Crippen LogP) is 9.04. The lowest BCUT2D eigenvalue weighted by Crippen LogP contribution is -2.11. The van der Waals surface area contributed by atoms with Gasteiger partial charge in [-0.1, -0.05) is 89.7 Å². The maximum absolute atomic E-state index is 6.12. The fraction of sp³-hybridized carbons (Fsp3) is 0.290. The number of allylic oxidation sites excluding steroid dienone is 5. The maximum Gasteiger partial charge on any atom is 0.171 e. The molecule has 1 unspecified atom stereocenters. The number of aromatic nitrogens is 5. The van der Waals surface area contributed by atoms with Crippen molar-refractivity contribution in [2.45, 2.75) is 60.9 Å². The Hall–Kier alpha value is -3.77. The van der Waals surface area contributed by atoms with Crippen molar-refractivity contribution in [3.05, 3.63) is 96.4 Å². The topological polar surface area (TPSA) is 68.0 Å². The predicted molar refractivity (Wildman–Crippen MR) is 165 cm³/mol. The summed E-state index contributed by atoms with van der Waals surface area (Å²) >= 11 is 6.12. The Morgan fingerprint density at radius 3 is 2.45 bits per heavy atom. The third-order valence-corrected chi connectivity index (χ3v) is 5.61. The zero-order valence-electron chi connectivity index (χ0n) is 23.6. The smallest absolute Gasteiger partial charge is 0.171 e. The second-order valence-electron chi connectivity index (χ2n) is 8.66. The highest BCUT2D eigenvalue weighted by Crippen LogP contribution is 2.32. The normalized spacial score (nSPS) is 11.6. The van der Waals surface area contributed by atoms with Gasteiger partial charge in [0.05, 0.1) is 22.9 Å². The third-order valence-electron chi connectivity index (χ3n) is 5.40. The van der Waals surface area contributed by atoms with Crippen LogP contribution in [0.3, 0.4) is 0 Å². The number of pyridine rings is 1. The van der Waals surface area contributed by atoms with Crippen LogP contribution in [0.15, 0.2) is 68.6 Å². The van der Waals surface area contributed by atoms with E-state index in [4.69, 9.17) is 16.6 Å². The SMILES string of the molecule is C=C/C=C(\C=C)c1nc2c(C(C)Nc3ccc(Cl)nc3C(=C)C)cc(C)cc2c2nncn12.CC.CCC. The van der Waals surface area contributed by atoms with E-state index in [9.17, 15) is 0 Å². The summed E-state index contributed by atoms with van der Waals surface area (Å²) in [6, 6.07) is 7.82. The minimum atomic E-state index is -0.0882. The van der Waals surface area contributed by atoms with Crippen LogP contribution >= 0.6 is 11.6 Å². The van der Waals surface area contributed by atoms with Crippen LogP contribution in [-0.4, -0.2) is 24.6 Å². The molecule has 1 atom stereocenters. The molecule has 7 heteroatoms. The van der Waals surface area contributed by atoms with Gasteiger partial charge in [0.15, 0.2) is 5.65 Å². The number of aryl methyl sites for hydroxylation is 1. The minimum Gasteiger partial charge on any atom is -0.377 e. The van der Waals surface area contributed by atoms with Gasteiger partial charge in [0.25, 0.3) is 0 Å². The van der Waals surface area contributed by atoms with E-state index in [1.54, 1.807) is 24.5 Å². The molecule has 0 spiro atoms. The Bertz CT molecular complexity index is 1460. The van der Waals surface area contributed by atoms with E-state index in [1.165, 1.54) is 6.42 Å². The highest BCUT2D eigenvalue weighted by Gasteiger charge is 2.19. The van der Waals surface area contributed by atoms with Crippen LogP contribution in [0, 0.1) is 6.92 Å². The molecule has 200 valence electrons. The average molecular weight is 531 g/mol. The number of halogens is 1. The zero-order chi connectivity index (χ0) is 28.4. The molecule has 1 aromatic carbocycles. The molecule has 4 rings (SSSR count). The van der Waals surface area contributed by atoms with E-state index < -0.39 is 0 Å². The van der Waals surface area contributed by atoms with E-state index in [2.05, 4.69) is 80.1 Å². The van der Waals surface area contributed by atoms with Gasteiger partial charge in [0.1, 0.15) is 17.3 Å². The molecule has 0 aliphatic heterocycles. The first-order chi connectivity index (χ1) is 18.2. The quantitative estimate of drug-likeness (QED) is 0.190. The van der Waals surface area contributed by atoms with Gasteiger partial charge in [-0.2, -0.15) is 0 Å². The van der Waals surface area contributed by atoms with Gasteiger partial charge < -0.3 is 5.32 Å². The molecule has 38 heavy (non-hydrogen) atoms. The van der Waals surface area contributed by atoms with Crippen LogP contribution in [0.1, 0.15) is 76.7 Å². The molecule has 0 aliphatic rings. The lowest BCUT2D eigenvalue weighted by Gasteiger charge is -2.21. The highest BCUT2D eigenvalue weighted by molar-refractivity contribution is 6.29. The van der Waals surface area contributed by atoms with Crippen molar-refractivity contribution in [2.24, 2.45) is 0 Å². The van der Waals surface area contributed by atoms with Crippen LogP contribution in [0.2, 0.25) is 5.15 Å². The molecule has 0 aliphatic carbocycles. The molecule has 6 nitrogen and oxygen atoms in total. The van der Waals surface area contributed by atoms with Crippen molar-refractivity contribution in [3.63, 3.8) is 0 Å². The highest BCUT2D eigenvalue weighted by atomic mass is 35.5. The molecular formula is C31H39ClN6. The van der Waals surface area contributed by atoms with Gasteiger partial charge in [-0.15, -0.1) is 10.2 Å². The Labute approximate surface area is 231 Å². The number of nitrogens with one attached hydrogen (secondary N) is 1. The van der Waals surface area contributed by atoms with Gasteiger partial charge in [-0.3, -0.25) is 4.40 Å². The van der Waals surface area contributed by atoms with Gasteiger partial charge in [0.2, 0.25) is 0 Å². The summed E-state index contributed by atoms with van der Waals surface area (Å²) in [6.45, 7) is 26.1. The maximum atomic E-state index is 6.12. The third kappa shape index (κ3) is 6.75. The van der Waals surface area contributed by atoms with E-state index in [-0.39, 0.29) is 6.04 Å². The number of hydrogen-bond donors (Lipinski definition) is 1. The molecule has 0 radical (unpaired) electrons. The molecule has 0 bridgehead atoms. The summed E-state index contributed by atoms with van der Waals surface area (Å²) in [5.41, 5.74) is 6.96. The fourth-order valence-corrected chi connectivity index (χ4v) is 4.07. The van der Waals surface area contributed by atoms with Gasteiger partial charge >= 0.3 is 0 Å². The van der Waals surface area contributed by atoms with E-state index in [0.29, 0.717) is 11.0 Å². The standard InChI is InChI=1S/C26H25ClN6.C3H8.C2H6/c1-7-9-18(8-2)25-31-24-19(12-16(5)13-20(24)26-32-28-14-33(25)26)17(6)29-21-10-11-22(27)30-23(21)15(3)4;1-3-2;1-2/h7-14,17,29H,1-3H2,4-6H3;3H2,1-2H3;1-2H3/b18-9+;;. The van der Waals surface area contributed by atoms with Crippen molar-refractivity contribution < 1.29 is 0 Å². The summed E-state index contributed by atoms with van der Waals surface area (Å²) in [4.78, 5) is 9.48. The van der Waals surface area contributed by atoms with Crippen LogP contribution in [0.25, 0.3) is 27.7 Å². The second kappa shape index (κ2) is 14.2. The fourth-order valence-electron chi connectivity index (χ4n) is 3.92. The Morgan fingerprint density at radius 1 is 1.16 bits per heavy atom. The first kappa shape index (κ1) is 30.5. The van der Waals surface area contributed by atoms with Crippen molar-refractivity contribution in [3.8, 4) is 0 Å². The second-order valence-corrected chi connectivity index (χ2v) is 9.04. The summed E-state index contributed by atoms with van der Waals surface area (Å²) < 4.78 is 1.88. The largest absolute Gasteiger partial charge is 0.377 e. The first-order valence-electron chi connectivity index (χ1n) is 12.9. The Balaban J connectivity index is 0.000000947. The van der Waals surface area contributed by atoms with Crippen LogP contribution in [0.5, 0.6) is 0 Å². The van der Waals surface area contributed by atoms with Crippen LogP contribution in [0.4, 0.5) is 5.69 Å². The number of fused-ring (bicyclic) bond motifs is 3. The molecule has 0 amide bonds. The molecule has 3 heterocycles. The summed E-state index contributed by atoms with van der Waals surface area (Å²) in [5.74, 6) is 0.700. The molecule has 0 saturated carbocycles. The van der Waals surface area contributed by atoms with Crippen molar-refractivity contribution in [1.29, 1.82) is 0 Å². The zero-order valence-corrected chi connectivity index (χ0v) is 24.4. The molecular weight excluding hydrogens is 492 g/mol. The minimum absolute atomic E-state index is 0.0882. The van der Waals surface area contributed by atoms with Gasteiger partial charge in [-0.05, 0) is 50.1 Å². The molecule has 3 aromatic heterocycles. The van der Waals surface area contributed by atoms with Crippen LogP contribution in [-0.2, 0) is 0 Å². The van der Waals surface area contributed by atoms with Gasteiger partial charge in [0, 0.05) is 16.5 Å². The van der Waals surface area contributed by atoms with E-state index in [1.807, 2.05) is 37.3 Å². The summed E-state index contributed by atoms with van der Waals surface area (Å²) in [5, 5.41) is 13.5. The number of anilines is 1. The van der Waals surface area contributed by atoms with Crippen molar-refractivity contribution >= 4 is 45.0 Å². The molecule has 0 fully saturated rings. The molecule has 0 saturated heterocycles. The lowest BCUT2D eigenvalue weighted by molar-refractivity contribution is 0.883. The summed E-state index contributed by atoms with van der Waals surface area (Å²) in [6.07, 6.45) is 8.25. The van der Waals surface area contributed by atoms with Crippen molar-refractivity contribution in [1.82, 2.24) is 24.6 Å². The molecule has 4 aromatic rings. The Morgan fingerprint density at radius 2 is 1.84 bits per heavy atom. The lowest BCUT2D eigenvalue weighted by atomic mass is 10.00. The van der Waals surface area contributed by atoms with Crippen molar-refractivity contribution in [2.75, 3.05) is 5.32 Å². The van der Waals surface area contributed by atoms with Gasteiger partial charge in [-0.25, -0.2) is 9.97 Å². The van der Waals surface area contributed by atoms with E-state index in [0.717, 1.165) is 50.2 Å². The van der Waals surface area contributed by atoms with E-state index >= 15 is 0 Å². The molecule has 1 N–H and O–H groups in total. The number of benzene rings is 1. The monoisotopic (exact) mass is 530 g/mol. The average Bonchev–Trinajstić information content (AvgIpc) is 3.40. The summed E-state index contributed by atoms with van der Waals surface area (Å²) in [7, 11) is 0. The number of rotatable bonds is 7. The Kier molecular flexibility index (Phi) is 11.4. The first-order valence-corrected chi connectivity index (χ1v) is 13.3.